The van der Waals surface area contributed by atoms with Crippen molar-refractivity contribution < 1.29 is 14.5 Å². The monoisotopic (exact) mass is 356 g/mol. The molecule has 0 aromatic heterocycles. The van der Waals surface area contributed by atoms with Crippen LogP contribution in [-0.2, 0) is 10.2 Å². The number of nitro benzene ring substituents is 1. The molecule has 6 nitrogen and oxygen atoms in total. The maximum atomic E-state index is 12.4. The van der Waals surface area contributed by atoms with Gasteiger partial charge in [-0.1, -0.05) is 45.9 Å². The molecule has 0 radical (unpaired) electrons. The molecule has 1 amide bonds. The third kappa shape index (κ3) is 5.05. The number of ether oxygens (including phenoxy) is 1. The van der Waals surface area contributed by atoms with Crippen LogP contribution in [0.1, 0.15) is 39.7 Å². The van der Waals surface area contributed by atoms with Gasteiger partial charge in [0.25, 0.3) is 11.6 Å². The van der Waals surface area contributed by atoms with Gasteiger partial charge in [-0.05, 0) is 35.6 Å². The quantitative estimate of drug-likeness (QED) is 0.601. The molecule has 1 atom stereocenters. The Morgan fingerprint density at radius 1 is 1.19 bits per heavy atom. The summed E-state index contributed by atoms with van der Waals surface area (Å²) in [5.74, 6) is 0.270. The molecule has 2 rings (SSSR count). The van der Waals surface area contributed by atoms with E-state index in [0.29, 0.717) is 17.9 Å². The highest BCUT2D eigenvalue weighted by Crippen LogP contribution is 2.25. The van der Waals surface area contributed by atoms with E-state index in [0.717, 1.165) is 0 Å². The normalized spacial score (nSPS) is 12.3. The van der Waals surface area contributed by atoms with E-state index in [2.05, 4.69) is 26.1 Å². The van der Waals surface area contributed by atoms with E-state index in [1.54, 1.807) is 6.07 Å². The summed E-state index contributed by atoms with van der Waals surface area (Å²) in [5.41, 5.74) is 1.52. The van der Waals surface area contributed by atoms with Crippen LogP contribution >= 0.6 is 0 Å². The van der Waals surface area contributed by atoms with Gasteiger partial charge >= 0.3 is 0 Å². The fourth-order valence-electron chi connectivity index (χ4n) is 2.44. The van der Waals surface area contributed by atoms with Crippen LogP contribution in [0.3, 0.4) is 0 Å². The summed E-state index contributed by atoms with van der Waals surface area (Å²) >= 11 is 0. The zero-order valence-corrected chi connectivity index (χ0v) is 15.5. The van der Waals surface area contributed by atoms with Crippen LogP contribution in [-0.4, -0.2) is 16.9 Å². The van der Waals surface area contributed by atoms with Gasteiger partial charge in [0.15, 0.2) is 6.10 Å². The third-order valence-corrected chi connectivity index (χ3v) is 3.99. The number of carbonyl (C=O) groups is 1. The van der Waals surface area contributed by atoms with Crippen molar-refractivity contribution in [1.82, 2.24) is 0 Å². The lowest BCUT2D eigenvalue weighted by Crippen LogP contribution is -2.32. The second-order valence-electron chi connectivity index (χ2n) is 7.09. The highest BCUT2D eigenvalue weighted by atomic mass is 16.6. The van der Waals surface area contributed by atoms with Crippen molar-refractivity contribution in [3.05, 3.63) is 64.2 Å². The first-order chi connectivity index (χ1) is 12.2. The van der Waals surface area contributed by atoms with E-state index in [1.807, 2.05) is 31.2 Å². The molecule has 6 heteroatoms. The second kappa shape index (κ2) is 7.99. The van der Waals surface area contributed by atoms with E-state index in [9.17, 15) is 14.9 Å². The van der Waals surface area contributed by atoms with E-state index in [-0.39, 0.29) is 17.0 Å². The lowest BCUT2D eigenvalue weighted by atomic mass is 9.87. The number of benzene rings is 2. The number of carbonyl (C=O) groups excluding carboxylic acids is 1. The van der Waals surface area contributed by atoms with Crippen molar-refractivity contribution in [2.24, 2.45) is 0 Å². The van der Waals surface area contributed by atoms with Crippen LogP contribution in [0.2, 0.25) is 0 Å². The summed E-state index contributed by atoms with van der Waals surface area (Å²) in [5, 5.41) is 13.5. The molecule has 0 fully saturated rings. The highest BCUT2D eigenvalue weighted by Gasteiger charge is 2.20. The van der Waals surface area contributed by atoms with Crippen molar-refractivity contribution in [2.45, 2.75) is 45.6 Å². The molecule has 2 aromatic rings. The molecule has 0 unspecified atom stereocenters. The van der Waals surface area contributed by atoms with Crippen LogP contribution in [0.15, 0.2) is 48.5 Å². The summed E-state index contributed by atoms with van der Waals surface area (Å²) in [7, 11) is 0. The molecule has 26 heavy (non-hydrogen) atoms. The Labute approximate surface area is 153 Å². The fraction of sp³-hybridized carbons (Fsp3) is 0.350. The topological polar surface area (TPSA) is 81.5 Å². The first kappa shape index (κ1) is 19.4. The van der Waals surface area contributed by atoms with E-state index in [1.165, 1.54) is 23.8 Å². The SMILES string of the molecule is CC[C@@H](Oc1ccc(C(C)(C)C)cc1)C(=O)Nc1cccc([N+](=O)[O-])c1. The molecule has 0 aliphatic heterocycles. The number of rotatable bonds is 6. The average molecular weight is 356 g/mol. The van der Waals surface area contributed by atoms with Crippen LogP contribution in [0.4, 0.5) is 11.4 Å². The van der Waals surface area contributed by atoms with Gasteiger partial charge in [-0.25, -0.2) is 0 Å². The molecule has 0 aliphatic carbocycles. The Morgan fingerprint density at radius 3 is 2.38 bits per heavy atom. The number of amides is 1. The van der Waals surface area contributed by atoms with Gasteiger partial charge in [0.2, 0.25) is 0 Å². The molecular formula is C20H24N2O4. The number of anilines is 1. The summed E-state index contributed by atoms with van der Waals surface area (Å²) in [6.07, 6.45) is -0.211. The Kier molecular flexibility index (Phi) is 5.97. The fourth-order valence-corrected chi connectivity index (χ4v) is 2.44. The minimum absolute atomic E-state index is 0.0437. The number of nitro groups is 1. The molecule has 138 valence electrons. The Hall–Kier alpha value is -2.89. The number of nitrogens with zero attached hydrogens (tertiary/aromatic N) is 1. The van der Waals surface area contributed by atoms with Crippen LogP contribution in [0.5, 0.6) is 5.75 Å². The van der Waals surface area contributed by atoms with Gasteiger partial charge in [-0.3, -0.25) is 14.9 Å². The summed E-state index contributed by atoms with van der Waals surface area (Å²) in [6.45, 7) is 8.24. The maximum Gasteiger partial charge on any atom is 0.271 e. The molecule has 0 saturated carbocycles. The minimum atomic E-state index is -0.685. The Bertz CT molecular complexity index is 779. The minimum Gasteiger partial charge on any atom is -0.481 e. The number of nitrogens with one attached hydrogen (secondary N) is 1. The van der Waals surface area contributed by atoms with Gasteiger partial charge in [0, 0.05) is 17.8 Å². The van der Waals surface area contributed by atoms with Crippen LogP contribution in [0.25, 0.3) is 0 Å². The first-order valence-electron chi connectivity index (χ1n) is 8.53. The molecule has 0 saturated heterocycles. The number of hydrogen-bond donors (Lipinski definition) is 1. The molecule has 1 N–H and O–H groups in total. The standard InChI is InChI=1S/C20H24N2O4/c1-5-18(26-17-11-9-14(10-12-17)20(2,3)4)19(23)21-15-7-6-8-16(13-15)22(24)25/h6-13,18H,5H2,1-4H3,(H,21,23)/t18-/m1/s1. The van der Waals surface area contributed by atoms with Crippen molar-refractivity contribution in [2.75, 3.05) is 5.32 Å². The van der Waals surface area contributed by atoms with Crippen LogP contribution in [0, 0.1) is 10.1 Å². The van der Waals surface area contributed by atoms with Gasteiger partial charge in [0.05, 0.1) is 4.92 Å². The average Bonchev–Trinajstić information content (AvgIpc) is 2.59. The Balaban J connectivity index is 2.07. The Morgan fingerprint density at radius 2 is 1.85 bits per heavy atom. The lowest BCUT2D eigenvalue weighted by Gasteiger charge is -2.21. The molecule has 0 bridgehead atoms. The third-order valence-electron chi connectivity index (χ3n) is 3.99. The molecular weight excluding hydrogens is 332 g/mol. The van der Waals surface area contributed by atoms with Gasteiger partial charge in [0.1, 0.15) is 5.75 Å². The van der Waals surface area contributed by atoms with Crippen molar-refractivity contribution in [3.63, 3.8) is 0 Å². The molecule has 0 spiro atoms. The van der Waals surface area contributed by atoms with Crippen molar-refractivity contribution >= 4 is 17.3 Å². The van der Waals surface area contributed by atoms with E-state index >= 15 is 0 Å². The van der Waals surface area contributed by atoms with E-state index < -0.39 is 11.0 Å². The molecule has 0 aliphatic rings. The number of hydrogen-bond acceptors (Lipinski definition) is 4. The highest BCUT2D eigenvalue weighted by molar-refractivity contribution is 5.94. The van der Waals surface area contributed by atoms with Crippen molar-refractivity contribution in [3.8, 4) is 5.75 Å². The maximum absolute atomic E-state index is 12.4. The van der Waals surface area contributed by atoms with Gasteiger partial charge in [-0.2, -0.15) is 0 Å². The summed E-state index contributed by atoms with van der Waals surface area (Å²) in [6, 6.07) is 13.5. The first-order valence-corrected chi connectivity index (χ1v) is 8.53. The second-order valence-corrected chi connectivity index (χ2v) is 7.09. The summed E-state index contributed by atoms with van der Waals surface area (Å²) in [4.78, 5) is 22.8. The van der Waals surface area contributed by atoms with Crippen LogP contribution < -0.4 is 10.1 Å². The predicted octanol–water partition coefficient (Wildman–Crippen LogP) is 4.69. The largest absolute Gasteiger partial charge is 0.481 e. The van der Waals surface area contributed by atoms with E-state index in [4.69, 9.17) is 4.74 Å². The smallest absolute Gasteiger partial charge is 0.271 e. The zero-order valence-electron chi connectivity index (χ0n) is 15.5. The lowest BCUT2D eigenvalue weighted by molar-refractivity contribution is -0.384. The van der Waals surface area contributed by atoms with Crippen molar-refractivity contribution in [1.29, 1.82) is 0 Å². The molecule has 2 aromatic carbocycles. The summed E-state index contributed by atoms with van der Waals surface area (Å²) < 4.78 is 5.80. The predicted molar refractivity (Wildman–Crippen MR) is 102 cm³/mol. The van der Waals surface area contributed by atoms with Gasteiger partial charge < -0.3 is 10.1 Å². The zero-order chi connectivity index (χ0) is 19.3. The molecule has 0 heterocycles. The van der Waals surface area contributed by atoms with Gasteiger partial charge in [-0.15, -0.1) is 0 Å². The number of non-ortho nitro benzene ring substituents is 1.